The Morgan fingerprint density at radius 3 is 2.59 bits per heavy atom. The van der Waals surface area contributed by atoms with Crippen LogP contribution < -0.4 is 16.2 Å². The van der Waals surface area contributed by atoms with Crippen LogP contribution in [0.25, 0.3) is 0 Å². The largest absolute Gasteiger partial charge is 0.416 e. The van der Waals surface area contributed by atoms with Crippen molar-refractivity contribution in [1.82, 2.24) is 46.2 Å². The summed E-state index contributed by atoms with van der Waals surface area (Å²) in [4.78, 5) is 29.0. The summed E-state index contributed by atoms with van der Waals surface area (Å²) in [7, 11) is 1.65. The van der Waals surface area contributed by atoms with Crippen molar-refractivity contribution in [2.45, 2.75) is 38.1 Å². The molecule has 1 aromatic carbocycles. The standard InChI is InChI=1S/C26H30F3N9O3/c1-36-23(25(41)31-14-20-13-19(9-10-30-20)26(27,28)29)16-38(35-36)12-6-5-11-37-15-21(33-34-37)24(40)32-22(17-39)18-7-3-2-4-8-18/h2-4,7-10,13,15-16,22,35,39H,5-6,11-12,14,17H2,1H3,(H,31,41)(H,32,40)/t22-/m1/s1. The Balaban J connectivity index is 1.20. The molecule has 1 aliphatic rings. The molecule has 4 rings (SSSR count). The fourth-order valence-corrected chi connectivity index (χ4v) is 4.07. The fraction of sp³-hybridized carbons (Fsp3) is 0.346. The fourth-order valence-electron chi connectivity index (χ4n) is 4.07. The van der Waals surface area contributed by atoms with Gasteiger partial charge in [-0.3, -0.25) is 29.3 Å². The maximum Gasteiger partial charge on any atom is 0.416 e. The number of benzene rings is 1. The first kappa shape index (κ1) is 29.5. The van der Waals surface area contributed by atoms with Crippen LogP contribution in [0.1, 0.15) is 46.2 Å². The van der Waals surface area contributed by atoms with Crippen LogP contribution in [0.15, 0.2) is 66.8 Å². The normalized spacial score (nSPS) is 14.1. The Hall–Kier alpha value is -4.50. The highest BCUT2D eigenvalue weighted by atomic mass is 19.4. The average molecular weight is 574 g/mol. The van der Waals surface area contributed by atoms with Gasteiger partial charge in [-0.1, -0.05) is 35.5 Å². The van der Waals surface area contributed by atoms with Gasteiger partial charge in [0.25, 0.3) is 11.8 Å². The van der Waals surface area contributed by atoms with Crippen LogP contribution in [0.2, 0.25) is 0 Å². The molecule has 0 fully saturated rings. The molecule has 4 N–H and O–H groups in total. The molecule has 218 valence electrons. The lowest BCUT2D eigenvalue weighted by atomic mass is 10.1. The number of aliphatic hydroxyl groups excluding tert-OH is 1. The number of likely N-dealkylation sites (N-methyl/N-ethyl adjacent to an activating group) is 1. The van der Waals surface area contributed by atoms with E-state index in [9.17, 15) is 27.9 Å². The summed E-state index contributed by atoms with van der Waals surface area (Å²) in [6.07, 6.45) is 1.13. The number of nitrogens with one attached hydrogen (secondary N) is 3. The molecule has 15 heteroatoms. The second-order valence-corrected chi connectivity index (χ2v) is 9.28. The molecule has 0 saturated heterocycles. The van der Waals surface area contributed by atoms with E-state index in [1.807, 2.05) is 30.3 Å². The van der Waals surface area contributed by atoms with Crippen molar-refractivity contribution in [3.05, 3.63) is 89.3 Å². The van der Waals surface area contributed by atoms with Crippen molar-refractivity contribution < 1.29 is 27.9 Å². The van der Waals surface area contributed by atoms with Gasteiger partial charge in [0.15, 0.2) is 5.69 Å². The van der Waals surface area contributed by atoms with Crippen LogP contribution >= 0.6 is 0 Å². The third-order valence-corrected chi connectivity index (χ3v) is 6.22. The lowest BCUT2D eigenvalue weighted by molar-refractivity contribution is -0.137. The molecule has 2 amide bonds. The third-order valence-electron chi connectivity index (χ3n) is 6.22. The quantitative estimate of drug-likeness (QED) is 0.239. The van der Waals surface area contributed by atoms with Crippen LogP contribution in [-0.4, -0.2) is 67.1 Å². The van der Waals surface area contributed by atoms with Gasteiger partial charge in [-0.05, 0) is 30.5 Å². The molecule has 0 bridgehead atoms. The maximum atomic E-state index is 12.9. The monoisotopic (exact) mass is 573 g/mol. The van der Waals surface area contributed by atoms with Crippen LogP contribution in [0.3, 0.4) is 0 Å². The number of carbonyl (C=O) groups is 2. The summed E-state index contributed by atoms with van der Waals surface area (Å²) in [5, 5.41) is 26.1. The Bertz CT molecular complexity index is 1360. The van der Waals surface area contributed by atoms with E-state index in [1.54, 1.807) is 22.9 Å². The average Bonchev–Trinajstić information content (AvgIpc) is 3.59. The third kappa shape index (κ3) is 8.02. The lowest BCUT2D eigenvalue weighted by Gasteiger charge is -2.20. The van der Waals surface area contributed by atoms with Crippen LogP contribution in [0, 0.1) is 0 Å². The highest BCUT2D eigenvalue weighted by Crippen LogP contribution is 2.29. The first-order valence-electron chi connectivity index (χ1n) is 12.8. The number of unbranched alkanes of at least 4 members (excludes halogenated alkanes) is 1. The molecule has 0 saturated carbocycles. The minimum absolute atomic E-state index is 0.0948. The van der Waals surface area contributed by atoms with Gasteiger partial charge < -0.3 is 15.7 Å². The zero-order valence-corrected chi connectivity index (χ0v) is 22.2. The molecule has 3 heterocycles. The zero-order valence-electron chi connectivity index (χ0n) is 22.2. The molecule has 0 radical (unpaired) electrons. The maximum absolute atomic E-state index is 12.9. The van der Waals surface area contributed by atoms with Gasteiger partial charge in [-0.25, -0.2) is 0 Å². The number of alkyl halides is 3. The Morgan fingerprint density at radius 1 is 1.10 bits per heavy atom. The topological polar surface area (TPSA) is 141 Å². The molecule has 0 spiro atoms. The zero-order chi connectivity index (χ0) is 29.4. The molecule has 2 aromatic heterocycles. The van der Waals surface area contributed by atoms with E-state index in [4.69, 9.17) is 0 Å². The number of amides is 2. The summed E-state index contributed by atoms with van der Waals surface area (Å²) >= 11 is 0. The van der Waals surface area contributed by atoms with Gasteiger partial charge in [-0.2, -0.15) is 13.2 Å². The number of nitrogens with zero attached hydrogens (tertiary/aromatic N) is 6. The Morgan fingerprint density at radius 2 is 1.85 bits per heavy atom. The predicted molar refractivity (Wildman–Crippen MR) is 140 cm³/mol. The number of pyridine rings is 1. The number of carbonyl (C=O) groups excluding carboxylic acids is 2. The van der Waals surface area contributed by atoms with E-state index < -0.39 is 29.6 Å². The van der Waals surface area contributed by atoms with Gasteiger partial charge in [0.1, 0.15) is 5.70 Å². The second-order valence-electron chi connectivity index (χ2n) is 9.28. The Kier molecular flexibility index (Phi) is 9.52. The number of hydrogen-bond acceptors (Lipinski definition) is 9. The van der Waals surface area contributed by atoms with Gasteiger partial charge >= 0.3 is 6.18 Å². The molecule has 3 aromatic rings. The first-order chi connectivity index (χ1) is 19.6. The van der Waals surface area contributed by atoms with Crippen molar-refractivity contribution >= 4 is 11.8 Å². The summed E-state index contributed by atoms with van der Waals surface area (Å²) in [5.41, 5.74) is 3.48. The minimum atomic E-state index is -4.49. The van der Waals surface area contributed by atoms with Crippen molar-refractivity contribution in [3.63, 3.8) is 0 Å². The SMILES string of the molecule is CN1NN(CCCCn2cc(C(=O)N[C@H](CO)c3ccccc3)nn2)C=C1C(=O)NCc1cc(C(F)(F)F)ccn1. The predicted octanol–water partition coefficient (Wildman–Crippen LogP) is 1.76. The van der Waals surface area contributed by atoms with E-state index in [1.165, 1.54) is 11.2 Å². The molecule has 0 unspecified atom stereocenters. The summed E-state index contributed by atoms with van der Waals surface area (Å²) in [6, 6.07) is 10.3. The van der Waals surface area contributed by atoms with Gasteiger partial charge in [0.2, 0.25) is 0 Å². The van der Waals surface area contributed by atoms with Gasteiger partial charge in [0, 0.05) is 32.5 Å². The summed E-state index contributed by atoms with van der Waals surface area (Å²) in [6.45, 7) is 0.647. The number of aliphatic hydroxyl groups is 1. The minimum Gasteiger partial charge on any atom is -0.394 e. The molecule has 0 aliphatic carbocycles. The van der Waals surface area contributed by atoms with E-state index in [0.717, 1.165) is 23.9 Å². The number of halogens is 3. The molecule has 1 atom stereocenters. The van der Waals surface area contributed by atoms with E-state index >= 15 is 0 Å². The second kappa shape index (κ2) is 13.2. The Labute approximate surface area is 233 Å². The number of aromatic nitrogens is 4. The molecule has 12 nitrogen and oxygen atoms in total. The van der Waals surface area contributed by atoms with Crippen molar-refractivity contribution in [2.75, 3.05) is 20.2 Å². The molecule has 1 aliphatic heterocycles. The molecular formula is C26H30F3N9O3. The molecular weight excluding hydrogens is 543 g/mol. The van der Waals surface area contributed by atoms with Crippen molar-refractivity contribution in [3.8, 4) is 0 Å². The number of hydrazine groups is 2. The van der Waals surface area contributed by atoms with Crippen molar-refractivity contribution in [2.24, 2.45) is 0 Å². The highest BCUT2D eigenvalue weighted by molar-refractivity contribution is 5.93. The van der Waals surface area contributed by atoms with E-state index in [-0.39, 0.29) is 24.5 Å². The van der Waals surface area contributed by atoms with Gasteiger partial charge in [0.05, 0.1) is 36.6 Å². The first-order valence-corrected chi connectivity index (χ1v) is 12.8. The van der Waals surface area contributed by atoms with E-state index in [0.29, 0.717) is 31.6 Å². The van der Waals surface area contributed by atoms with Crippen molar-refractivity contribution in [1.29, 1.82) is 0 Å². The van der Waals surface area contributed by atoms with Crippen LogP contribution in [0.4, 0.5) is 13.2 Å². The number of aryl methyl sites for hydroxylation is 1. The number of rotatable bonds is 12. The highest BCUT2D eigenvalue weighted by Gasteiger charge is 2.31. The van der Waals surface area contributed by atoms with Gasteiger partial charge in [-0.15, -0.1) is 10.6 Å². The van der Waals surface area contributed by atoms with E-state index in [2.05, 4.69) is 31.5 Å². The number of hydrogen-bond donors (Lipinski definition) is 4. The smallest absolute Gasteiger partial charge is 0.394 e. The van der Waals surface area contributed by atoms with Crippen LogP contribution in [0.5, 0.6) is 0 Å². The summed E-state index contributed by atoms with van der Waals surface area (Å²) in [5.74, 6) is -0.908. The summed E-state index contributed by atoms with van der Waals surface area (Å²) < 4.78 is 40.2. The molecule has 41 heavy (non-hydrogen) atoms. The van der Waals surface area contributed by atoms with Crippen LogP contribution in [-0.2, 0) is 24.1 Å². The lowest BCUT2D eigenvalue weighted by Crippen LogP contribution is -2.40.